The summed E-state index contributed by atoms with van der Waals surface area (Å²) < 4.78 is 0. The van der Waals surface area contributed by atoms with Crippen LogP contribution in [0, 0.1) is 11.3 Å². The maximum absolute atomic E-state index is 8.57. The first-order valence-corrected chi connectivity index (χ1v) is 3.71. The molecule has 1 aromatic heterocycles. The van der Waals surface area contributed by atoms with Gasteiger partial charge in [0, 0.05) is 12.6 Å². The van der Waals surface area contributed by atoms with E-state index in [4.69, 9.17) is 5.26 Å². The van der Waals surface area contributed by atoms with E-state index in [-0.39, 0.29) is 5.92 Å². The van der Waals surface area contributed by atoms with Crippen LogP contribution >= 0.6 is 0 Å². The van der Waals surface area contributed by atoms with Gasteiger partial charge >= 0.3 is 0 Å². The monoisotopic (exact) mass is 149 g/mol. The van der Waals surface area contributed by atoms with E-state index in [1.54, 1.807) is 6.20 Å². The highest BCUT2D eigenvalue weighted by Gasteiger charge is 2.06. The second kappa shape index (κ2) is 3.20. The Labute approximate surface area is 66.1 Å². The van der Waals surface area contributed by atoms with E-state index in [0.717, 1.165) is 17.9 Å². The molecule has 3 heteroatoms. The Hall–Kier alpha value is -1.30. The molecule has 1 aromatic rings. The van der Waals surface area contributed by atoms with Crippen molar-refractivity contribution in [2.24, 2.45) is 0 Å². The van der Waals surface area contributed by atoms with Crippen molar-refractivity contribution in [2.45, 2.75) is 26.2 Å². The van der Waals surface area contributed by atoms with Crippen LogP contribution in [-0.4, -0.2) is 9.97 Å². The Morgan fingerprint density at radius 3 is 3.00 bits per heavy atom. The van der Waals surface area contributed by atoms with Gasteiger partial charge in [0.1, 0.15) is 5.82 Å². The minimum Gasteiger partial charge on any atom is -0.348 e. The van der Waals surface area contributed by atoms with Crippen LogP contribution in [0.2, 0.25) is 0 Å². The fourth-order valence-corrected chi connectivity index (χ4v) is 0.847. The number of nitriles is 1. The van der Waals surface area contributed by atoms with Crippen molar-refractivity contribution in [1.29, 1.82) is 5.26 Å². The van der Waals surface area contributed by atoms with E-state index >= 15 is 0 Å². The normalized spacial score (nSPS) is 12.5. The summed E-state index contributed by atoms with van der Waals surface area (Å²) in [5.41, 5.74) is 0.837. The standard InChI is InChI=1S/C8H11N3/c1-3-8-10-5-7(11-8)6(2)4-9/h5-6H,3H2,1-2H3,(H,10,11). The number of hydrogen-bond acceptors (Lipinski definition) is 2. The molecule has 0 amide bonds. The lowest BCUT2D eigenvalue weighted by Crippen LogP contribution is -1.89. The molecule has 0 aliphatic carbocycles. The maximum Gasteiger partial charge on any atom is 0.106 e. The van der Waals surface area contributed by atoms with Crippen LogP contribution < -0.4 is 0 Å². The van der Waals surface area contributed by atoms with Crippen LogP contribution in [0.4, 0.5) is 0 Å². The minimum absolute atomic E-state index is 0.105. The van der Waals surface area contributed by atoms with Crippen molar-refractivity contribution < 1.29 is 0 Å². The molecule has 0 radical (unpaired) electrons. The van der Waals surface area contributed by atoms with Crippen molar-refractivity contribution in [1.82, 2.24) is 9.97 Å². The molecule has 1 heterocycles. The highest BCUT2D eigenvalue weighted by atomic mass is 14.9. The number of rotatable bonds is 2. The summed E-state index contributed by atoms with van der Waals surface area (Å²) in [6.07, 6.45) is 2.69. The van der Waals surface area contributed by atoms with Crippen molar-refractivity contribution in [2.75, 3.05) is 0 Å². The highest BCUT2D eigenvalue weighted by Crippen LogP contribution is 2.10. The van der Waals surface area contributed by atoms with Gasteiger partial charge in [-0.3, -0.25) is 0 Å². The molecular weight excluding hydrogens is 138 g/mol. The fraction of sp³-hybridized carbons (Fsp3) is 0.500. The Morgan fingerprint density at radius 2 is 2.55 bits per heavy atom. The number of hydrogen-bond donors (Lipinski definition) is 1. The lowest BCUT2D eigenvalue weighted by atomic mass is 10.1. The Balaban J connectivity index is 2.82. The molecule has 0 saturated heterocycles. The number of nitrogens with zero attached hydrogens (tertiary/aromatic N) is 2. The summed E-state index contributed by atoms with van der Waals surface area (Å²) in [6.45, 7) is 3.87. The molecule has 0 saturated carbocycles. The molecule has 11 heavy (non-hydrogen) atoms. The number of aromatic amines is 1. The Bertz CT molecular complexity index is 269. The average Bonchev–Trinajstić information content (AvgIpc) is 2.50. The van der Waals surface area contributed by atoms with Gasteiger partial charge in [-0.1, -0.05) is 6.92 Å². The third-order valence-electron chi connectivity index (χ3n) is 1.62. The van der Waals surface area contributed by atoms with E-state index in [2.05, 4.69) is 16.0 Å². The molecule has 1 unspecified atom stereocenters. The van der Waals surface area contributed by atoms with Gasteiger partial charge in [-0.25, -0.2) is 4.98 Å². The van der Waals surface area contributed by atoms with E-state index in [1.807, 2.05) is 13.8 Å². The maximum atomic E-state index is 8.57. The van der Waals surface area contributed by atoms with Crippen LogP contribution in [0.5, 0.6) is 0 Å². The third-order valence-corrected chi connectivity index (χ3v) is 1.62. The summed E-state index contributed by atoms with van der Waals surface area (Å²) in [7, 11) is 0. The molecule has 0 aliphatic rings. The lowest BCUT2D eigenvalue weighted by Gasteiger charge is -1.92. The molecule has 0 bridgehead atoms. The van der Waals surface area contributed by atoms with Gasteiger partial charge in [0.2, 0.25) is 0 Å². The van der Waals surface area contributed by atoms with Gasteiger partial charge in [-0.2, -0.15) is 5.26 Å². The van der Waals surface area contributed by atoms with Gasteiger partial charge in [-0.15, -0.1) is 0 Å². The first-order chi connectivity index (χ1) is 5.27. The molecule has 1 rings (SSSR count). The second-order valence-corrected chi connectivity index (χ2v) is 2.48. The largest absolute Gasteiger partial charge is 0.348 e. The molecule has 0 fully saturated rings. The molecule has 0 aromatic carbocycles. The van der Waals surface area contributed by atoms with Gasteiger partial charge in [0.05, 0.1) is 17.7 Å². The fourth-order valence-electron chi connectivity index (χ4n) is 0.847. The number of aromatic nitrogens is 2. The van der Waals surface area contributed by atoms with Crippen molar-refractivity contribution in [3.63, 3.8) is 0 Å². The summed E-state index contributed by atoms with van der Waals surface area (Å²) in [5, 5.41) is 8.57. The molecule has 0 spiro atoms. The predicted octanol–water partition coefficient (Wildman–Crippen LogP) is 1.60. The first-order valence-electron chi connectivity index (χ1n) is 3.71. The number of aryl methyl sites for hydroxylation is 1. The van der Waals surface area contributed by atoms with E-state index in [0.29, 0.717) is 0 Å². The number of imidazole rings is 1. The van der Waals surface area contributed by atoms with E-state index < -0.39 is 0 Å². The smallest absolute Gasteiger partial charge is 0.106 e. The van der Waals surface area contributed by atoms with Crippen LogP contribution in [-0.2, 0) is 6.42 Å². The second-order valence-electron chi connectivity index (χ2n) is 2.48. The molecule has 1 atom stereocenters. The van der Waals surface area contributed by atoms with Gasteiger partial charge in [0.25, 0.3) is 0 Å². The average molecular weight is 149 g/mol. The third kappa shape index (κ3) is 1.58. The molecular formula is C8H11N3. The number of nitrogens with one attached hydrogen (secondary N) is 1. The first kappa shape index (κ1) is 7.80. The quantitative estimate of drug-likeness (QED) is 0.694. The van der Waals surface area contributed by atoms with Crippen molar-refractivity contribution in [3.05, 3.63) is 17.7 Å². The zero-order valence-corrected chi connectivity index (χ0v) is 6.76. The van der Waals surface area contributed by atoms with Crippen LogP contribution in [0.3, 0.4) is 0 Å². The van der Waals surface area contributed by atoms with Gasteiger partial charge < -0.3 is 4.98 Å². The Kier molecular flexibility index (Phi) is 2.27. The SMILES string of the molecule is CCc1nc(C(C)C#N)c[nH]1. The summed E-state index contributed by atoms with van der Waals surface area (Å²) >= 11 is 0. The summed E-state index contributed by atoms with van der Waals surface area (Å²) in [5.74, 6) is 0.841. The predicted molar refractivity (Wildman–Crippen MR) is 42.0 cm³/mol. The van der Waals surface area contributed by atoms with Gasteiger partial charge in [-0.05, 0) is 6.92 Å². The minimum atomic E-state index is -0.105. The molecule has 0 aliphatic heterocycles. The van der Waals surface area contributed by atoms with Gasteiger partial charge in [0.15, 0.2) is 0 Å². The molecule has 3 nitrogen and oxygen atoms in total. The topological polar surface area (TPSA) is 52.5 Å². The molecule has 58 valence electrons. The number of H-pyrrole nitrogens is 1. The Morgan fingerprint density at radius 1 is 1.82 bits per heavy atom. The van der Waals surface area contributed by atoms with E-state index in [9.17, 15) is 0 Å². The zero-order chi connectivity index (χ0) is 8.27. The van der Waals surface area contributed by atoms with E-state index in [1.165, 1.54) is 0 Å². The zero-order valence-electron chi connectivity index (χ0n) is 6.76. The van der Waals surface area contributed by atoms with Crippen LogP contribution in [0.15, 0.2) is 6.20 Å². The summed E-state index contributed by atoms with van der Waals surface area (Å²) in [4.78, 5) is 7.23. The highest BCUT2D eigenvalue weighted by molar-refractivity contribution is 5.13. The lowest BCUT2D eigenvalue weighted by molar-refractivity contribution is 0.908. The summed E-state index contributed by atoms with van der Waals surface area (Å²) in [6, 6.07) is 2.14. The molecule has 1 N–H and O–H groups in total. The van der Waals surface area contributed by atoms with Crippen LogP contribution in [0.25, 0.3) is 0 Å². The van der Waals surface area contributed by atoms with Crippen LogP contribution in [0.1, 0.15) is 31.3 Å². The van der Waals surface area contributed by atoms with Crippen molar-refractivity contribution >= 4 is 0 Å². The van der Waals surface area contributed by atoms with Crippen molar-refractivity contribution in [3.8, 4) is 6.07 Å².